The van der Waals surface area contributed by atoms with Gasteiger partial charge in [-0.25, -0.2) is 4.79 Å². The molecule has 0 bridgehead atoms. The van der Waals surface area contributed by atoms with E-state index in [4.69, 9.17) is 5.11 Å². The Bertz CT molecular complexity index is 519. The minimum absolute atomic E-state index is 0.277. The number of nitrogens with one attached hydrogen (secondary N) is 1. The van der Waals surface area contributed by atoms with E-state index in [0.717, 1.165) is 14.5 Å². The monoisotopic (exact) mass is 317 g/mol. The molecule has 0 radical (unpaired) electrons. The van der Waals surface area contributed by atoms with E-state index in [0.29, 0.717) is 5.39 Å². The highest BCUT2D eigenvalue weighted by Gasteiger charge is 2.13. The van der Waals surface area contributed by atoms with Gasteiger partial charge in [0.1, 0.15) is 0 Å². The van der Waals surface area contributed by atoms with Crippen LogP contribution < -0.4 is 0 Å². The molecule has 0 spiro atoms. The first-order chi connectivity index (χ1) is 6.59. The van der Waals surface area contributed by atoms with Crippen LogP contribution >= 0.6 is 31.9 Å². The molecule has 0 aliphatic carbocycles. The number of fused-ring (bicyclic) bond motifs is 1. The van der Waals surface area contributed by atoms with Crippen molar-refractivity contribution in [1.82, 2.24) is 4.98 Å². The van der Waals surface area contributed by atoms with Gasteiger partial charge in [-0.05, 0) is 12.1 Å². The zero-order chi connectivity index (χ0) is 10.3. The van der Waals surface area contributed by atoms with Gasteiger partial charge >= 0.3 is 5.97 Å². The Balaban J connectivity index is 2.85. The topological polar surface area (TPSA) is 53.1 Å². The molecule has 2 aromatic rings. The van der Waals surface area contributed by atoms with Crippen LogP contribution in [0.5, 0.6) is 0 Å². The maximum absolute atomic E-state index is 10.9. The van der Waals surface area contributed by atoms with E-state index in [1.807, 2.05) is 12.1 Å². The summed E-state index contributed by atoms with van der Waals surface area (Å²) < 4.78 is 1.66. The molecule has 1 aromatic carbocycles. The molecular weight excluding hydrogens is 314 g/mol. The van der Waals surface area contributed by atoms with Crippen LogP contribution in [0, 0.1) is 0 Å². The van der Waals surface area contributed by atoms with Crippen LogP contribution in [0.25, 0.3) is 10.9 Å². The second-order valence-corrected chi connectivity index (χ2v) is 4.59. The molecule has 0 atom stereocenters. The highest BCUT2D eigenvalue weighted by atomic mass is 79.9. The number of halogens is 2. The number of aromatic amines is 1. The first kappa shape index (κ1) is 9.73. The van der Waals surface area contributed by atoms with Gasteiger partial charge in [-0.3, -0.25) is 0 Å². The van der Waals surface area contributed by atoms with Gasteiger partial charge in [-0.15, -0.1) is 0 Å². The van der Waals surface area contributed by atoms with Crippen molar-refractivity contribution in [2.75, 3.05) is 0 Å². The van der Waals surface area contributed by atoms with Crippen molar-refractivity contribution in [3.8, 4) is 0 Å². The van der Waals surface area contributed by atoms with Crippen LogP contribution in [0.3, 0.4) is 0 Å². The molecule has 1 aromatic heterocycles. The fourth-order valence-electron chi connectivity index (χ4n) is 1.35. The van der Waals surface area contributed by atoms with Gasteiger partial charge in [-0.2, -0.15) is 0 Å². The lowest BCUT2D eigenvalue weighted by atomic mass is 10.2. The Morgan fingerprint density at radius 3 is 2.71 bits per heavy atom. The number of aromatic nitrogens is 1. The number of carboxylic acids is 1. The number of H-pyrrole nitrogens is 1. The van der Waals surface area contributed by atoms with Crippen molar-refractivity contribution in [2.45, 2.75) is 0 Å². The molecule has 0 amide bonds. The van der Waals surface area contributed by atoms with Crippen molar-refractivity contribution in [3.63, 3.8) is 0 Å². The average molecular weight is 319 g/mol. The number of hydrogen-bond donors (Lipinski definition) is 2. The largest absolute Gasteiger partial charge is 0.478 e. The molecule has 0 saturated heterocycles. The smallest absolute Gasteiger partial charge is 0.337 e. The molecule has 14 heavy (non-hydrogen) atoms. The highest BCUT2D eigenvalue weighted by molar-refractivity contribution is 9.11. The van der Waals surface area contributed by atoms with E-state index < -0.39 is 5.97 Å². The molecule has 2 rings (SSSR count). The average Bonchev–Trinajstić information content (AvgIpc) is 2.47. The van der Waals surface area contributed by atoms with Crippen molar-refractivity contribution in [2.24, 2.45) is 0 Å². The van der Waals surface area contributed by atoms with Gasteiger partial charge in [0.15, 0.2) is 0 Å². The lowest BCUT2D eigenvalue weighted by Crippen LogP contribution is -1.93. The van der Waals surface area contributed by atoms with E-state index in [-0.39, 0.29) is 5.56 Å². The van der Waals surface area contributed by atoms with E-state index >= 15 is 0 Å². The van der Waals surface area contributed by atoms with Gasteiger partial charge < -0.3 is 10.1 Å². The van der Waals surface area contributed by atoms with Crippen molar-refractivity contribution < 1.29 is 9.90 Å². The Labute approximate surface area is 96.4 Å². The lowest BCUT2D eigenvalue weighted by molar-refractivity contribution is 0.0699. The number of rotatable bonds is 1. The molecule has 0 saturated carbocycles. The molecule has 0 fully saturated rings. The summed E-state index contributed by atoms with van der Waals surface area (Å²) in [5.74, 6) is -0.931. The first-order valence-electron chi connectivity index (χ1n) is 3.79. The number of hydrogen-bond acceptors (Lipinski definition) is 1. The van der Waals surface area contributed by atoms with Gasteiger partial charge in [0, 0.05) is 26.0 Å². The third-order valence-electron chi connectivity index (χ3n) is 1.93. The third kappa shape index (κ3) is 1.46. The Morgan fingerprint density at radius 2 is 2.07 bits per heavy atom. The summed E-state index contributed by atoms with van der Waals surface area (Å²) in [6.07, 6.45) is 1.49. The van der Waals surface area contributed by atoms with Crippen molar-refractivity contribution in [1.29, 1.82) is 0 Å². The highest BCUT2D eigenvalue weighted by Crippen LogP contribution is 2.30. The molecule has 0 aliphatic heterocycles. The summed E-state index contributed by atoms with van der Waals surface area (Å²) in [6.45, 7) is 0. The molecule has 0 aliphatic rings. The third-order valence-corrected chi connectivity index (χ3v) is 3.01. The van der Waals surface area contributed by atoms with Gasteiger partial charge in [0.05, 0.1) is 5.56 Å². The van der Waals surface area contributed by atoms with Crippen molar-refractivity contribution in [3.05, 3.63) is 32.8 Å². The molecule has 0 unspecified atom stereocenters. The molecule has 1 heterocycles. The number of benzene rings is 1. The van der Waals surface area contributed by atoms with Crippen LogP contribution in [0.4, 0.5) is 0 Å². The Morgan fingerprint density at radius 1 is 1.36 bits per heavy atom. The van der Waals surface area contributed by atoms with Crippen molar-refractivity contribution >= 4 is 48.7 Å². The summed E-state index contributed by atoms with van der Waals surface area (Å²) in [5, 5.41) is 9.61. The second-order valence-electron chi connectivity index (χ2n) is 2.82. The number of carbonyl (C=O) groups is 1. The predicted octanol–water partition coefficient (Wildman–Crippen LogP) is 3.39. The number of aromatic carboxylic acids is 1. The van der Waals surface area contributed by atoms with Gasteiger partial charge in [0.2, 0.25) is 0 Å². The molecule has 72 valence electrons. The van der Waals surface area contributed by atoms with E-state index in [2.05, 4.69) is 36.8 Å². The maximum Gasteiger partial charge on any atom is 0.337 e. The SMILES string of the molecule is O=C(O)c1c[nH]c2cc(Br)cc(Br)c12. The Hall–Kier alpha value is -0.810. The molecule has 2 N–H and O–H groups in total. The van der Waals surface area contributed by atoms with Crippen LogP contribution in [-0.2, 0) is 0 Å². The fraction of sp³-hybridized carbons (Fsp3) is 0. The first-order valence-corrected chi connectivity index (χ1v) is 5.37. The minimum atomic E-state index is -0.931. The molecule has 3 nitrogen and oxygen atoms in total. The van der Waals surface area contributed by atoms with Gasteiger partial charge in [-0.1, -0.05) is 31.9 Å². The Kier molecular flexibility index (Phi) is 2.36. The number of carboxylic acid groups (broad SMARTS) is 1. The minimum Gasteiger partial charge on any atom is -0.478 e. The van der Waals surface area contributed by atoms with E-state index in [1.165, 1.54) is 6.20 Å². The summed E-state index contributed by atoms with van der Waals surface area (Å²) >= 11 is 6.66. The lowest BCUT2D eigenvalue weighted by Gasteiger charge is -1.97. The quantitative estimate of drug-likeness (QED) is 0.846. The van der Waals surface area contributed by atoms with Crippen LogP contribution in [-0.4, -0.2) is 16.1 Å². The summed E-state index contributed by atoms with van der Waals surface area (Å²) in [7, 11) is 0. The maximum atomic E-state index is 10.9. The van der Waals surface area contributed by atoms with Crippen LogP contribution in [0.1, 0.15) is 10.4 Å². The van der Waals surface area contributed by atoms with E-state index in [1.54, 1.807) is 0 Å². The summed E-state index contributed by atoms with van der Waals surface area (Å²) in [5.41, 5.74) is 1.07. The van der Waals surface area contributed by atoms with Gasteiger partial charge in [0.25, 0.3) is 0 Å². The van der Waals surface area contributed by atoms with Crippen LogP contribution in [0.15, 0.2) is 27.3 Å². The fourth-order valence-corrected chi connectivity index (χ4v) is 2.79. The molecule has 5 heteroatoms. The van der Waals surface area contributed by atoms with E-state index in [9.17, 15) is 4.79 Å². The predicted molar refractivity (Wildman–Crippen MR) is 60.7 cm³/mol. The standard InChI is InChI=1S/C9H5Br2NO2/c10-4-1-6(11)8-5(9(13)14)3-12-7(8)2-4/h1-3,12H,(H,13,14). The molecular formula is C9H5Br2NO2. The summed E-state index contributed by atoms with van der Waals surface area (Å²) in [4.78, 5) is 13.8. The summed E-state index contributed by atoms with van der Waals surface area (Å²) in [6, 6.07) is 3.66. The zero-order valence-corrected chi connectivity index (χ0v) is 10.0. The van der Waals surface area contributed by atoms with Crippen LogP contribution in [0.2, 0.25) is 0 Å². The second kappa shape index (κ2) is 3.40. The normalized spacial score (nSPS) is 10.7. The zero-order valence-electron chi connectivity index (χ0n) is 6.84.